The van der Waals surface area contributed by atoms with Gasteiger partial charge >= 0.3 is 0 Å². The first-order valence-electron chi connectivity index (χ1n) is 6.74. The Kier molecular flexibility index (Phi) is 6.05. The number of furan rings is 1. The molecule has 0 unspecified atom stereocenters. The Morgan fingerprint density at radius 3 is 2.59 bits per heavy atom. The molecule has 2 aromatic rings. The molecule has 1 atom stereocenters. The molecule has 1 amide bonds. The molecule has 4 nitrogen and oxygen atoms in total. The second-order valence-corrected chi connectivity index (χ2v) is 5.75. The van der Waals surface area contributed by atoms with E-state index in [0.717, 1.165) is 5.56 Å². The number of rotatable bonds is 6. The molecule has 6 heteroatoms. The summed E-state index contributed by atoms with van der Waals surface area (Å²) in [6.07, 6.45) is 0.597. The van der Waals surface area contributed by atoms with E-state index in [-0.39, 0.29) is 11.7 Å². The standard InChI is InChI=1S/C16H14BrClN2O2/c17-15-8-7-14(22-15)16(21)20(10-4-9-18)13(11-19)12-5-2-1-3-6-12/h1-3,5-8,13H,4,9-10H2/t13-/m1/s1. The summed E-state index contributed by atoms with van der Waals surface area (Å²) in [7, 11) is 0. The van der Waals surface area contributed by atoms with Crippen molar-refractivity contribution in [2.75, 3.05) is 12.4 Å². The van der Waals surface area contributed by atoms with Gasteiger partial charge in [0, 0.05) is 12.4 Å². The molecule has 0 spiro atoms. The Labute approximate surface area is 142 Å². The van der Waals surface area contributed by atoms with Crippen molar-refractivity contribution in [3.05, 3.63) is 58.5 Å². The number of nitrogens with zero attached hydrogens (tertiary/aromatic N) is 2. The maximum absolute atomic E-state index is 12.7. The molecule has 0 aliphatic heterocycles. The van der Waals surface area contributed by atoms with E-state index in [1.165, 1.54) is 4.90 Å². The second kappa shape index (κ2) is 8.02. The van der Waals surface area contributed by atoms with Gasteiger partial charge < -0.3 is 9.32 Å². The van der Waals surface area contributed by atoms with E-state index in [9.17, 15) is 10.1 Å². The van der Waals surface area contributed by atoms with Crippen LogP contribution in [0.5, 0.6) is 0 Å². The predicted molar refractivity (Wildman–Crippen MR) is 87.6 cm³/mol. The maximum atomic E-state index is 12.7. The molecule has 0 aliphatic rings. The first kappa shape index (κ1) is 16.6. The van der Waals surface area contributed by atoms with Gasteiger partial charge in [0.2, 0.25) is 0 Å². The zero-order valence-corrected chi connectivity index (χ0v) is 14.0. The topological polar surface area (TPSA) is 57.2 Å². The fourth-order valence-electron chi connectivity index (χ4n) is 2.11. The van der Waals surface area contributed by atoms with Crippen molar-refractivity contribution in [1.29, 1.82) is 5.26 Å². The fraction of sp³-hybridized carbons (Fsp3) is 0.250. The van der Waals surface area contributed by atoms with E-state index in [4.69, 9.17) is 16.0 Å². The van der Waals surface area contributed by atoms with Gasteiger partial charge in [-0.2, -0.15) is 5.26 Å². The average molecular weight is 382 g/mol. The third-order valence-corrected chi connectivity index (χ3v) is 3.82. The molecule has 0 fully saturated rings. The number of hydrogen-bond acceptors (Lipinski definition) is 3. The highest BCUT2D eigenvalue weighted by molar-refractivity contribution is 9.10. The van der Waals surface area contributed by atoms with Gasteiger partial charge in [-0.3, -0.25) is 4.79 Å². The molecule has 22 heavy (non-hydrogen) atoms. The normalized spacial score (nSPS) is 11.7. The Hall–Kier alpha value is -1.77. The summed E-state index contributed by atoms with van der Waals surface area (Å²) >= 11 is 8.92. The number of hydrogen-bond donors (Lipinski definition) is 0. The van der Waals surface area contributed by atoms with Gasteiger partial charge in [-0.05, 0) is 40.0 Å². The van der Waals surface area contributed by atoms with Gasteiger partial charge in [0.1, 0.15) is 6.04 Å². The van der Waals surface area contributed by atoms with Gasteiger partial charge in [-0.25, -0.2) is 0 Å². The van der Waals surface area contributed by atoms with Crippen molar-refractivity contribution in [3.63, 3.8) is 0 Å². The molecule has 1 aromatic heterocycles. The van der Waals surface area contributed by atoms with Gasteiger partial charge in [0.25, 0.3) is 5.91 Å². The molecular weight excluding hydrogens is 368 g/mol. The van der Waals surface area contributed by atoms with Gasteiger partial charge in [0.05, 0.1) is 6.07 Å². The second-order valence-electron chi connectivity index (χ2n) is 4.59. The average Bonchev–Trinajstić information content (AvgIpc) is 2.98. The minimum atomic E-state index is -0.680. The first-order chi connectivity index (χ1) is 10.7. The van der Waals surface area contributed by atoms with E-state index >= 15 is 0 Å². The van der Waals surface area contributed by atoms with Crippen LogP contribution in [-0.4, -0.2) is 23.2 Å². The van der Waals surface area contributed by atoms with Crippen LogP contribution < -0.4 is 0 Å². The van der Waals surface area contributed by atoms with Crippen LogP contribution in [0.2, 0.25) is 0 Å². The lowest BCUT2D eigenvalue weighted by molar-refractivity contribution is 0.0683. The summed E-state index contributed by atoms with van der Waals surface area (Å²) in [6.45, 7) is 0.383. The van der Waals surface area contributed by atoms with Crippen molar-refractivity contribution >= 4 is 33.4 Å². The van der Waals surface area contributed by atoms with Crippen molar-refractivity contribution in [2.45, 2.75) is 12.5 Å². The van der Waals surface area contributed by atoms with Crippen LogP contribution in [0.25, 0.3) is 0 Å². The molecule has 0 saturated carbocycles. The van der Waals surface area contributed by atoms with Crippen LogP contribution in [0.3, 0.4) is 0 Å². The molecule has 1 heterocycles. The van der Waals surface area contributed by atoms with Gasteiger partial charge in [-0.15, -0.1) is 11.6 Å². The molecule has 0 bridgehead atoms. The first-order valence-corrected chi connectivity index (χ1v) is 8.07. The van der Waals surface area contributed by atoms with E-state index in [1.807, 2.05) is 30.3 Å². The van der Waals surface area contributed by atoms with E-state index in [0.29, 0.717) is 23.5 Å². The van der Waals surface area contributed by atoms with Crippen LogP contribution in [0, 0.1) is 11.3 Å². The number of carbonyl (C=O) groups is 1. The lowest BCUT2D eigenvalue weighted by Crippen LogP contribution is -2.35. The highest BCUT2D eigenvalue weighted by atomic mass is 79.9. The summed E-state index contributed by atoms with van der Waals surface area (Å²) in [5, 5.41) is 9.53. The Morgan fingerprint density at radius 1 is 1.32 bits per heavy atom. The highest BCUT2D eigenvalue weighted by Gasteiger charge is 2.27. The molecule has 1 aromatic carbocycles. The summed E-state index contributed by atoms with van der Waals surface area (Å²) in [6, 6.07) is 13.9. The lowest BCUT2D eigenvalue weighted by Gasteiger charge is -2.26. The van der Waals surface area contributed by atoms with Gasteiger partial charge in [0.15, 0.2) is 10.4 Å². The van der Waals surface area contributed by atoms with Crippen LogP contribution in [0.15, 0.2) is 51.6 Å². The lowest BCUT2D eigenvalue weighted by atomic mass is 10.1. The molecule has 0 aliphatic carbocycles. The number of benzene rings is 1. The van der Waals surface area contributed by atoms with Crippen molar-refractivity contribution in [3.8, 4) is 6.07 Å². The Balaban J connectivity index is 2.32. The Bertz CT molecular complexity index is 666. The van der Waals surface area contributed by atoms with Crippen LogP contribution in [0.1, 0.15) is 28.6 Å². The minimum Gasteiger partial charge on any atom is -0.444 e. The minimum absolute atomic E-state index is 0.192. The smallest absolute Gasteiger partial charge is 0.290 e. The molecule has 114 valence electrons. The maximum Gasteiger partial charge on any atom is 0.290 e. The summed E-state index contributed by atoms with van der Waals surface area (Å²) < 4.78 is 5.79. The van der Waals surface area contributed by atoms with Crippen molar-refractivity contribution in [1.82, 2.24) is 4.90 Å². The summed E-state index contributed by atoms with van der Waals surface area (Å²) in [5.41, 5.74) is 0.763. The highest BCUT2D eigenvalue weighted by Crippen LogP contribution is 2.24. The fourth-order valence-corrected chi connectivity index (χ4v) is 2.53. The van der Waals surface area contributed by atoms with E-state index in [1.54, 1.807) is 12.1 Å². The van der Waals surface area contributed by atoms with Crippen LogP contribution >= 0.6 is 27.5 Å². The van der Waals surface area contributed by atoms with E-state index in [2.05, 4.69) is 22.0 Å². The van der Waals surface area contributed by atoms with Gasteiger partial charge in [-0.1, -0.05) is 30.3 Å². The number of carbonyl (C=O) groups excluding carboxylic acids is 1. The van der Waals surface area contributed by atoms with Crippen LogP contribution in [-0.2, 0) is 0 Å². The number of amides is 1. The van der Waals surface area contributed by atoms with Crippen molar-refractivity contribution < 1.29 is 9.21 Å². The predicted octanol–water partition coefficient (Wildman–Crippen LogP) is 4.38. The largest absolute Gasteiger partial charge is 0.444 e. The summed E-state index contributed by atoms with van der Waals surface area (Å²) in [4.78, 5) is 14.1. The summed E-state index contributed by atoms with van der Waals surface area (Å²) in [5.74, 6) is 0.280. The third-order valence-electron chi connectivity index (χ3n) is 3.13. The number of halogens is 2. The number of nitriles is 1. The molecule has 0 radical (unpaired) electrons. The zero-order chi connectivity index (χ0) is 15.9. The quantitative estimate of drug-likeness (QED) is 0.698. The molecule has 0 saturated heterocycles. The van der Waals surface area contributed by atoms with Crippen molar-refractivity contribution in [2.24, 2.45) is 0 Å². The molecular formula is C16H14BrClN2O2. The monoisotopic (exact) mass is 380 g/mol. The molecule has 2 rings (SSSR count). The zero-order valence-electron chi connectivity index (χ0n) is 11.7. The third kappa shape index (κ3) is 3.90. The number of alkyl halides is 1. The SMILES string of the molecule is N#C[C@H](c1ccccc1)N(CCCCl)C(=O)c1ccc(Br)o1. The van der Waals surface area contributed by atoms with Crippen LogP contribution in [0.4, 0.5) is 0 Å². The molecule has 0 N–H and O–H groups in total. The Morgan fingerprint density at radius 2 is 2.05 bits per heavy atom. The van der Waals surface area contributed by atoms with E-state index < -0.39 is 6.04 Å².